The van der Waals surface area contributed by atoms with Crippen LogP contribution in [0.2, 0.25) is 5.15 Å². The van der Waals surface area contributed by atoms with Crippen molar-refractivity contribution in [1.29, 1.82) is 0 Å². The smallest absolute Gasteiger partial charge is 0.339 e. The normalized spacial score (nSPS) is 10.9. The van der Waals surface area contributed by atoms with Crippen LogP contribution >= 0.6 is 11.6 Å². The van der Waals surface area contributed by atoms with Crippen molar-refractivity contribution in [1.82, 2.24) is 14.5 Å². The highest BCUT2D eigenvalue weighted by Crippen LogP contribution is 2.37. The van der Waals surface area contributed by atoms with Crippen molar-refractivity contribution >= 4 is 34.3 Å². The van der Waals surface area contributed by atoms with Crippen molar-refractivity contribution in [3.63, 3.8) is 0 Å². The largest absolute Gasteiger partial charge is 0.493 e. The van der Waals surface area contributed by atoms with Gasteiger partial charge in [0.1, 0.15) is 29.3 Å². The van der Waals surface area contributed by atoms with Crippen molar-refractivity contribution < 1.29 is 23.8 Å². The molecule has 2 aromatic carbocycles. The molecule has 0 aliphatic heterocycles. The van der Waals surface area contributed by atoms with Crippen molar-refractivity contribution in [2.24, 2.45) is 0 Å². The third-order valence-corrected chi connectivity index (χ3v) is 5.62. The van der Waals surface area contributed by atoms with E-state index in [2.05, 4.69) is 15.3 Å². The van der Waals surface area contributed by atoms with Gasteiger partial charge in [-0.05, 0) is 31.2 Å². The number of methoxy groups -OCH3 is 1. The number of aromatic nitrogens is 3. The second kappa shape index (κ2) is 9.96. The molecule has 2 N–H and O–H groups in total. The highest BCUT2D eigenvalue weighted by Gasteiger charge is 2.19. The summed E-state index contributed by atoms with van der Waals surface area (Å²) in [7, 11) is 1.50. The van der Waals surface area contributed by atoms with Gasteiger partial charge in [-0.1, -0.05) is 23.7 Å². The molecule has 10 heteroatoms. The molecule has 0 amide bonds. The Kier molecular flexibility index (Phi) is 6.83. The second-order valence-corrected chi connectivity index (χ2v) is 7.63. The number of nitrogens with one attached hydrogen (secondary N) is 1. The first kappa shape index (κ1) is 23.3. The fourth-order valence-corrected chi connectivity index (χ4v) is 4.10. The Morgan fingerprint density at radius 2 is 2.06 bits per heavy atom. The fraction of sp³-hybridized carbons (Fsp3) is 0.208. The number of hydrogen-bond acceptors (Lipinski definition) is 6. The molecule has 34 heavy (non-hydrogen) atoms. The van der Waals surface area contributed by atoms with Crippen molar-refractivity contribution in [3.8, 4) is 22.8 Å². The van der Waals surface area contributed by atoms with E-state index in [1.54, 1.807) is 41.8 Å². The number of anilines is 1. The van der Waals surface area contributed by atoms with Crippen LogP contribution in [-0.4, -0.2) is 45.9 Å². The van der Waals surface area contributed by atoms with E-state index < -0.39 is 5.97 Å². The lowest BCUT2D eigenvalue weighted by Crippen LogP contribution is -2.12. The first-order valence-corrected chi connectivity index (χ1v) is 10.9. The number of benzene rings is 2. The lowest BCUT2D eigenvalue weighted by molar-refractivity contribution is 0.0692. The SMILES string of the molecule is CCOc1cc(-c2cc(NCCn3c(Cl)c(OC)c4cccc(F)c43)ncn2)ccc1C(=O)O. The molecule has 176 valence electrons. The molecule has 0 radical (unpaired) electrons. The first-order valence-electron chi connectivity index (χ1n) is 10.5. The maximum absolute atomic E-state index is 14.5. The highest BCUT2D eigenvalue weighted by molar-refractivity contribution is 6.33. The van der Waals surface area contributed by atoms with Gasteiger partial charge in [0.15, 0.2) is 10.9 Å². The molecule has 0 atom stereocenters. The Morgan fingerprint density at radius 1 is 1.24 bits per heavy atom. The van der Waals surface area contributed by atoms with Gasteiger partial charge < -0.3 is 24.5 Å². The van der Waals surface area contributed by atoms with Gasteiger partial charge in [-0.3, -0.25) is 0 Å². The topological polar surface area (TPSA) is 98.5 Å². The van der Waals surface area contributed by atoms with Gasteiger partial charge >= 0.3 is 5.97 Å². The summed E-state index contributed by atoms with van der Waals surface area (Å²) in [6.45, 7) is 2.88. The van der Waals surface area contributed by atoms with Crippen LogP contribution in [0.5, 0.6) is 11.5 Å². The van der Waals surface area contributed by atoms with Crippen LogP contribution in [0, 0.1) is 5.82 Å². The lowest BCUT2D eigenvalue weighted by Gasteiger charge is -2.11. The summed E-state index contributed by atoms with van der Waals surface area (Å²) in [5.41, 5.74) is 1.73. The molecule has 0 aliphatic carbocycles. The van der Waals surface area contributed by atoms with Crippen LogP contribution in [0.1, 0.15) is 17.3 Å². The Labute approximate surface area is 199 Å². The van der Waals surface area contributed by atoms with Gasteiger partial charge in [-0.15, -0.1) is 0 Å². The minimum Gasteiger partial charge on any atom is -0.493 e. The van der Waals surface area contributed by atoms with Gasteiger partial charge in [-0.2, -0.15) is 0 Å². The average Bonchev–Trinajstić information content (AvgIpc) is 3.11. The van der Waals surface area contributed by atoms with E-state index in [9.17, 15) is 14.3 Å². The zero-order chi connectivity index (χ0) is 24.2. The molecular weight excluding hydrogens is 463 g/mol. The number of aromatic carboxylic acids is 1. The number of nitrogens with zero attached hydrogens (tertiary/aromatic N) is 3. The molecule has 0 bridgehead atoms. The fourth-order valence-electron chi connectivity index (χ4n) is 3.75. The van der Waals surface area contributed by atoms with Crippen LogP contribution in [0.3, 0.4) is 0 Å². The van der Waals surface area contributed by atoms with E-state index in [4.69, 9.17) is 21.1 Å². The van der Waals surface area contributed by atoms with Crippen molar-refractivity contribution in [3.05, 3.63) is 65.3 Å². The molecule has 0 unspecified atom stereocenters. The molecule has 4 aromatic rings. The van der Waals surface area contributed by atoms with E-state index in [-0.39, 0.29) is 17.1 Å². The molecule has 0 saturated carbocycles. The molecule has 0 fully saturated rings. The summed E-state index contributed by atoms with van der Waals surface area (Å²) in [4.78, 5) is 19.9. The Hall–Kier alpha value is -3.85. The molecule has 2 aromatic heterocycles. The van der Waals surface area contributed by atoms with Crippen molar-refractivity contribution in [2.45, 2.75) is 13.5 Å². The summed E-state index contributed by atoms with van der Waals surface area (Å²) in [5, 5.41) is 13.5. The maximum Gasteiger partial charge on any atom is 0.339 e. The summed E-state index contributed by atoms with van der Waals surface area (Å²) in [6, 6.07) is 11.3. The monoisotopic (exact) mass is 484 g/mol. The van der Waals surface area contributed by atoms with Gasteiger partial charge in [0.25, 0.3) is 0 Å². The number of hydrogen-bond donors (Lipinski definition) is 2. The number of rotatable bonds is 9. The molecule has 8 nitrogen and oxygen atoms in total. The number of carbonyl (C=O) groups is 1. The number of fused-ring (bicyclic) bond motifs is 1. The van der Waals surface area contributed by atoms with Gasteiger partial charge in [0, 0.05) is 30.1 Å². The standard InChI is InChI=1S/C24H22ClFN4O4/c1-3-34-19-11-14(7-8-15(19)24(31)32)18-12-20(29-13-28-18)27-9-10-30-21-16(5-4-6-17(21)26)22(33-2)23(30)25/h4-8,11-13H,3,9-10H2,1-2H3,(H,31,32)(H,27,28,29). The van der Waals surface area contributed by atoms with Gasteiger partial charge in [-0.25, -0.2) is 19.2 Å². The quantitative estimate of drug-likeness (QED) is 0.340. The summed E-state index contributed by atoms with van der Waals surface area (Å²) < 4.78 is 27.0. The predicted octanol–water partition coefficient (Wildman–Crippen LogP) is 5.11. The predicted molar refractivity (Wildman–Crippen MR) is 128 cm³/mol. The molecular formula is C24H22ClFN4O4. The average molecular weight is 485 g/mol. The molecule has 0 aliphatic rings. The number of para-hydroxylation sites is 1. The minimum atomic E-state index is -1.07. The van der Waals surface area contributed by atoms with E-state index in [0.717, 1.165) is 0 Å². The number of carboxylic acid groups (broad SMARTS) is 1. The third kappa shape index (κ3) is 4.47. The minimum absolute atomic E-state index is 0.0801. The Morgan fingerprint density at radius 3 is 2.79 bits per heavy atom. The van der Waals surface area contributed by atoms with Gasteiger partial charge in [0.05, 0.1) is 24.9 Å². The Bertz CT molecular complexity index is 1360. The van der Waals surface area contributed by atoms with Crippen LogP contribution in [-0.2, 0) is 6.54 Å². The van der Waals surface area contributed by atoms with E-state index >= 15 is 0 Å². The van der Waals surface area contributed by atoms with E-state index in [1.165, 1.54) is 25.6 Å². The van der Waals surface area contributed by atoms with Crippen LogP contribution < -0.4 is 14.8 Å². The summed E-state index contributed by atoms with van der Waals surface area (Å²) in [6.07, 6.45) is 1.41. The number of ether oxygens (including phenoxy) is 2. The van der Waals surface area contributed by atoms with Crippen LogP contribution in [0.15, 0.2) is 48.8 Å². The van der Waals surface area contributed by atoms with Crippen LogP contribution in [0.4, 0.5) is 10.2 Å². The maximum atomic E-state index is 14.5. The zero-order valence-electron chi connectivity index (χ0n) is 18.5. The molecule has 2 heterocycles. The highest BCUT2D eigenvalue weighted by atomic mass is 35.5. The summed E-state index contributed by atoms with van der Waals surface area (Å²) in [5.74, 6) is -0.211. The first-order chi connectivity index (χ1) is 16.4. The number of halogens is 2. The molecule has 0 saturated heterocycles. The van der Waals surface area contributed by atoms with Crippen LogP contribution in [0.25, 0.3) is 22.2 Å². The number of carboxylic acids is 1. The lowest BCUT2D eigenvalue weighted by atomic mass is 10.1. The summed E-state index contributed by atoms with van der Waals surface area (Å²) >= 11 is 6.45. The molecule has 0 spiro atoms. The van der Waals surface area contributed by atoms with Gasteiger partial charge in [0.2, 0.25) is 0 Å². The van der Waals surface area contributed by atoms with E-state index in [1.807, 2.05) is 0 Å². The Balaban J connectivity index is 1.54. The second-order valence-electron chi connectivity index (χ2n) is 7.28. The van der Waals surface area contributed by atoms with Crippen molar-refractivity contribution in [2.75, 3.05) is 25.6 Å². The third-order valence-electron chi connectivity index (χ3n) is 5.25. The van der Waals surface area contributed by atoms with E-state index in [0.29, 0.717) is 58.6 Å². The molecule has 4 rings (SSSR count). The zero-order valence-corrected chi connectivity index (χ0v) is 19.3.